The van der Waals surface area contributed by atoms with Crippen molar-refractivity contribution < 1.29 is 28.5 Å². The molecule has 0 aromatic heterocycles. The summed E-state index contributed by atoms with van der Waals surface area (Å²) in [6, 6.07) is 3.48. The fourth-order valence-corrected chi connectivity index (χ4v) is 4.48. The Morgan fingerprint density at radius 3 is 2.17 bits per heavy atom. The zero-order chi connectivity index (χ0) is 22.2. The molecule has 1 aromatic carbocycles. The Morgan fingerprint density at radius 2 is 1.60 bits per heavy atom. The van der Waals surface area contributed by atoms with Gasteiger partial charge in [0.05, 0.1) is 39.9 Å². The lowest BCUT2D eigenvalue weighted by molar-refractivity contribution is -0.136. The number of methoxy groups -OCH3 is 4. The van der Waals surface area contributed by atoms with Gasteiger partial charge >= 0.3 is 5.97 Å². The number of benzene rings is 1. The largest absolute Gasteiger partial charge is 0.496 e. The third kappa shape index (κ3) is 3.64. The van der Waals surface area contributed by atoms with E-state index >= 15 is 0 Å². The molecule has 162 valence electrons. The first-order valence-corrected chi connectivity index (χ1v) is 9.78. The van der Waals surface area contributed by atoms with E-state index in [1.807, 2.05) is 20.8 Å². The Bertz CT molecular complexity index is 943. The van der Waals surface area contributed by atoms with Crippen LogP contribution >= 0.6 is 0 Å². The van der Waals surface area contributed by atoms with E-state index in [2.05, 4.69) is 11.4 Å². The first-order valence-electron chi connectivity index (χ1n) is 9.78. The number of hydrogen-bond donors (Lipinski definition) is 1. The van der Waals surface area contributed by atoms with Crippen LogP contribution in [0.4, 0.5) is 0 Å². The Morgan fingerprint density at radius 1 is 1.00 bits per heavy atom. The third-order valence-electron chi connectivity index (χ3n) is 5.71. The summed E-state index contributed by atoms with van der Waals surface area (Å²) in [5.74, 6) is -0.0711. The van der Waals surface area contributed by atoms with Crippen molar-refractivity contribution in [1.82, 2.24) is 5.32 Å². The summed E-state index contributed by atoms with van der Waals surface area (Å²) in [5.41, 5.74) is 2.24. The summed E-state index contributed by atoms with van der Waals surface area (Å²) in [4.78, 5) is 26.1. The number of rotatable bonds is 5. The Kier molecular flexibility index (Phi) is 5.83. The van der Waals surface area contributed by atoms with Crippen molar-refractivity contribution in [3.05, 3.63) is 40.7 Å². The van der Waals surface area contributed by atoms with Crippen LogP contribution in [0.5, 0.6) is 17.2 Å². The van der Waals surface area contributed by atoms with Gasteiger partial charge in [0.1, 0.15) is 11.5 Å². The number of carbonyl (C=O) groups excluding carboxylic acids is 2. The second kappa shape index (κ2) is 8.05. The van der Waals surface area contributed by atoms with Crippen molar-refractivity contribution in [3.8, 4) is 17.2 Å². The minimum atomic E-state index is -0.580. The molecular weight excluding hydrogens is 386 g/mol. The van der Waals surface area contributed by atoms with Crippen LogP contribution in [0.1, 0.15) is 38.7 Å². The highest BCUT2D eigenvalue weighted by Crippen LogP contribution is 2.50. The maximum absolute atomic E-state index is 13.3. The van der Waals surface area contributed by atoms with Crippen LogP contribution < -0.4 is 19.5 Å². The quantitative estimate of drug-likeness (QED) is 0.739. The average molecular weight is 415 g/mol. The van der Waals surface area contributed by atoms with Gasteiger partial charge in [-0.3, -0.25) is 4.79 Å². The van der Waals surface area contributed by atoms with E-state index in [9.17, 15) is 9.59 Å². The van der Waals surface area contributed by atoms with Gasteiger partial charge in [-0.2, -0.15) is 0 Å². The second-order valence-electron chi connectivity index (χ2n) is 8.29. The SMILES string of the molecule is COC(=O)C1=C(C)NC2=CC(C)(C)CC(=O)C2C1c1cc(OC)c(OC)cc1OC. The zero-order valence-electron chi connectivity index (χ0n) is 18.5. The van der Waals surface area contributed by atoms with Crippen LogP contribution in [0, 0.1) is 11.3 Å². The topological polar surface area (TPSA) is 83.1 Å². The number of ketones is 1. The van der Waals surface area contributed by atoms with E-state index in [1.54, 1.807) is 33.5 Å². The lowest BCUT2D eigenvalue weighted by Gasteiger charge is -2.41. The van der Waals surface area contributed by atoms with E-state index in [1.165, 1.54) is 7.11 Å². The molecule has 0 fully saturated rings. The summed E-state index contributed by atoms with van der Waals surface area (Å²) in [7, 11) is 5.96. The third-order valence-corrected chi connectivity index (χ3v) is 5.71. The number of allylic oxidation sites excluding steroid dienone is 3. The molecule has 30 heavy (non-hydrogen) atoms. The normalized spacial score (nSPS) is 22.5. The van der Waals surface area contributed by atoms with Crippen LogP contribution in [0.3, 0.4) is 0 Å². The smallest absolute Gasteiger partial charge is 0.336 e. The number of ether oxygens (including phenoxy) is 4. The predicted octanol–water partition coefficient (Wildman–Crippen LogP) is 3.35. The van der Waals surface area contributed by atoms with Crippen molar-refractivity contribution >= 4 is 11.8 Å². The molecule has 1 aliphatic heterocycles. The van der Waals surface area contributed by atoms with Crippen molar-refractivity contribution in [2.24, 2.45) is 11.3 Å². The molecule has 3 rings (SSSR count). The Balaban J connectivity index is 2.32. The van der Waals surface area contributed by atoms with Crippen LogP contribution in [0.15, 0.2) is 35.2 Å². The maximum Gasteiger partial charge on any atom is 0.336 e. The lowest BCUT2D eigenvalue weighted by atomic mass is 9.66. The molecule has 7 heteroatoms. The standard InChI is InChI=1S/C23H29NO6/c1-12-19(22(26)30-7)20(21-14(24-12)10-23(2,3)11-15(21)25)13-8-17(28-5)18(29-6)9-16(13)27-4/h8-10,20-21,24H,11H2,1-7H3. The van der Waals surface area contributed by atoms with Crippen molar-refractivity contribution in [2.75, 3.05) is 28.4 Å². The molecule has 1 heterocycles. The summed E-state index contributed by atoms with van der Waals surface area (Å²) >= 11 is 0. The van der Waals surface area contributed by atoms with Gasteiger partial charge in [-0.15, -0.1) is 0 Å². The van der Waals surface area contributed by atoms with Gasteiger partial charge in [-0.25, -0.2) is 4.79 Å². The molecule has 7 nitrogen and oxygen atoms in total. The van der Waals surface area contributed by atoms with Crippen LogP contribution in [-0.2, 0) is 14.3 Å². The average Bonchev–Trinajstić information content (AvgIpc) is 2.70. The maximum atomic E-state index is 13.3. The van der Waals surface area contributed by atoms with Gasteiger partial charge in [0.2, 0.25) is 0 Å². The Hall–Kier alpha value is -2.96. The van der Waals surface area contributed by atoms with E-state index < -0.39 is 17.8 Å². The number of fused-ring (bicyclic) bond motifs is 1. The molecule has 0 radical (unpaired) electrons. The van der Waals surface area contributed by atoms with Crippen LogP contribution in [0.2, 0.25) is 0 Å². The van der Waals surface area contributed by atoms with E-state index in [4.69, 9.17) is 18.9 Å². The van der Waals surface area contributed by atoms with E-state index in [-0.39, 0.29) is 11.2 Å². The fourth-order valence-electron chi connectivity index (χ4n) is 4.48. The molecule has 1 aliphatic carbocycles. The second-order valence-corrected chi connectivity index (χ2v) is 8.29. The molecule has 0 bridgehead atoms. The highest BCUT2D eigenvalue weighted by atomic mass is 16.5. The van der Waals surface area contributed by atoms with Gasteiger partial charge in [0.25, 0.3) is 0 Å². The number of nitrogens with one attached hydrogen (secondary N) is 1. The van der Waals surface area contributed by atoms with Gasteiger partial charge in [-0.05, 0) is 18.4 Å². The molecule has 0 saturated heterocycles. The predicted molar refractivity (Wildman–Crippen MR) is 112 cm³/mol. The highest BCUT2D eigenvalue weighted by molar-refractivity contribution is 5.96. The molecule has 1 N–H and O–H groups in total. The van der Waals surface area contributed by atoms with Gasteiger partial charge in [-0.1, -0.05) is 19.9 Å². The van der Waals surface area contributed by atoms with Crippen molar-refractivity contribution in [3.63, 3.8) is 0 Å². The number of esters is 1. The number of Topliss-reactive ketones (excluding diaryl/α,β-unsaturated/α-hetero) is 1. The molecule has 2 unspecified atom stereocenters. The van der Waals surface area contributed by atoms with E-state index in [0.717, 1.165) is 5.70 Å². The van der Waals surface area contributed by atoms with Crippen molar-refractivity contribution in [1.29, 1.82) is 0 Å². The highest BCUT2D eigenvalue weighted by Gasteiger charge is 2.47. The lowest BCUT2D eigenvalue weighted by Crippen LogP contribution is -2.43. The molecule has 2 aliphatic rings. The summed E-state index contributed by atoms with van der Waals surface area (Å²) < 4.78 is 21.6. The van der Waals surface area contributed by atoms with Gasteiger partial charge < -0.3 is 24.3 Å². The number of hydrogen-bond acceptors (Lipinski definition) is 7. The zero-order valence-corrected chi connectivity index (χ0v) is 18.5. The first-order chi connectivity index (χ1) is 14.2. The molecule has 0 spiro atoms. The molecular formula is C23H29NO6. The van der Waals surface area contributed by atoms with Gasteiger partial charge in [0.15, 0.2) is 11.5 Å². The molecule has 0 amide bonds. The first kappa shape index (κ1) is 21.7. The summed E-state index contributed by atoms with van der Waals surface area (Å²) in [5, 5.41) is 3.28. The minimum Gasteiger partial charge on any atom is -0.496 e. The van der Waals surface area contributed by atoms with Crippen LogP contribution in [-0.4, -0.2) is 40.2 Å². The monoisotopic (exact) mass is 415 g/mol. The summed E-state index contributed by atoms with van der Waals surface area (Å²) in [6.45, 7) is 5.86. The molecule has 2 atom stereocenters. The van der Waals surface area contributed by atoms with Gasteiger partial charge in [0, 0.05) is 35.4 Å². The fraction of sp³-hybridized carbons (Fsp3) is 0.478. The Labute approximate surface area is 177 Å². The summed E-state index contributed by atoms with van der Waals surface area (Å²) in [6.07, 6.45) is 2.46. The molecule has 0 saturated carbocycles. The van der Waals surface area contributed by atoms with E-state index in [0.29, 0.717) is 40.5 Å². The van der Waals surface area contributed by atoms with Crippen LogP contribution in [0.25, 0.3) is 0 Å². The van der Waals surface area contributed by atoms with Crippen molar-refractivity contribution in [2.45, 2.75) is 33.1 Å². The molecule has 1 aromatic rings. The number of carbonyl (C=O) groups is 2. The minimum absolute atomic E-state index is 0.0562.